The van der Waals surface area contributed by atoms with E-state index in [2.05, 4.69) is 15.9 Å². The summed E-state index contributed by atoms with van der Waals surface area (Å²) in [5, 5.41) is 11.0. The van der Waals surface area contributed by atoms with Crippen LogP contribution in [-0.4, -0.2) is 11.1 Å². The van der Waals surface area contributed by atoms with Crippen LogP contribution in [0.3, 0.4) is 0 Å². The second-order valence-electron chi connectivity index (χ2n) is 3.30. The fourth-order valence-corrected chi connectivity index (χ4v) is 2.91. The van der Waals surface area contributed by atoms with Crippen LogP contribution in [0.5, 0.6) is 0 Å². The van der Waals surface area contributed by atoms with Crippen molar-refractivity contribution < 1.29 is 9.90 Å². The minimum absolute atomic E-state index is 0.291. The topological polar surface area (TPSA) is 37.3 Å². The maximum atomic E-state index is 11.0. The number of aliphatic carboxylic acids is 1. The lowest BCUT2D eigenvalue weighted by Gasteiger charge is -2.09. The summed E-state index contributed by atoms with van der Waals surface area (Å²) in [6, 6.07) is 1.91. The highest BCUT2D eigenvalue weighted by atomic mass is 79.9. The molecule has 70 valence electrons. The minimum Gasteiger partial charge on any atom is -0.481 e. The summed E-state index contributed by atoms with van der Waals surface area (Å²) in [5.41, 5.74) is 0.944. The van der Waals surface area contributed by atoms with Crippen molar-refractivity contribution in [2.24, 2.45) is 5.92 Å². The first-order chi connectivity index (χ1) is 6.20. The van der Waals surface area contributed by atoms with Crippen molar-refractivity contribution >= 4 is 33.2 Å². The van der Waals surface area contributed by atoms with E-state index in [0.717, 1.165) is 22.2 Å². The Labute approximate surface area is 88.7 Å². The largest absolute Gasteiger partial charge is 0.481 e. The SMILES string of the molecule is O=C(O)C(c1ccsc1Br)C1CC1. The zero-order valence-corrected chi connectivity index (χ0v) is 9.27. The fourth-order valence-electron chi connectivity index (χ4n) is 1.54. The number of thiophene rings is 1. The summed E-state index contributed by atoms with van der Waals surface area (Å²) in [6.07, 6.45) is 2.11. The lowest BCUT2D eigenvalue weighted by molar-refractivity contribution is -0.139. The molecule has 1 heterocycles. The Morgan fingerprint density at radius 2 is 2.38 bits per heavy atom. The molecule has 1 aromatic rings. The molecule has 1 aliphatic carbocycles. The number of carboxylic acids is 1. The normalized spacial score (nSPS) is 18.5. The molecular weight excluding hydrogens is 252 g/mol. The molecule has 0 spiro atoms. The summed E-state index contributed by atoms with van der Waals surface area (Å²) in [4.78, 5) is 11.0. The van der Waals surface area contributed by atoms with Crippen LogP contribution in [0.2, 0.25) is 0 Å². The maximum absolute atomic E-state index is 11.0. The summed E-state index contributed by atoms with van der Waals surface area (Å²) in [7, 11) is 0. The van der Waals surface area contributed by atoms with E-state index in [1.165, 1.54) is 0 Å². The van der Waals surface area contributed by atoms with Gasteiger partial charge >= 0.3 is 5.97 Å². The molecule has 1 atom stereocenters. The van der Waals surface area contributed by atoms with E-state index in [1.54, 1.807) is 11.3 Å². The molecule has 0 amide bonds. The molecule has 1 fully saturated rings. The van der Waals surface area contributed by atoms with Crippen LogP contribution < -0.4 is 0 Å². The molecule has 0 bridgehead atoms. The second-order valence-corrected chi connectivity index (χ2v) is 5.54. The minimum atomic E-state index is -0.693. The first kappa shape index (κ1) is 9.21. The highest BCUT2D eigenvalue weighted by Crippen LogP contribution is 2.45. The van der Waals surface area contributed by atoms with Gasteiger partial charge in [0.25, 0.3) is 0 Å². The highest BCUT2D eigenvalue weighted by Gasteiger charge is 2.38. The van der Waals surface area contributed by atoms with Crippen molar-refractivity contribution in [2.75, 3.05) is 0 Å². The number of carbonyl (C=O) groups is 1. The lowest BCUT2D eigenvalue weighted by Crippen LogP contribution is -2.13. The Morgan fingerprint density at radius 1 is 1.69 bits per heavy atom. The zero-order valence-electron chi connectivity index (χ0n) is 6.87. The van der Waals surface area contributed by atoms with Gasteiger partial charge in [-0.05, 0) is 51.7 Å². The third-order valence-electron chi connectivity index (χ3n) is 2.34. The molecule has 1 aliphatic rings. The third kappa shape index (κ3) is 1.79. The van der Waals surface area contributed by atoms with Crippen LogP contribution in [-0.2, 0) is 4.79 Å². The van der Waals surface area contributed by atoms with Crippen LogP contribution in [0.15, 0.2) is 15.2 Å². The number of carboxylic acid groups (broad SMARTS) is 1. The number of hydrogen-bond acceptors (Lipinski definition) is 2. The predicted octanol–water partition coefficient (Wildman–Crippen LogP) is 3.09. The quantitative estimate of drug-likeness (QED) is 0.907. The summed E-state index contributed by atoms with van der Waals surface area (Å²) in [5.74, 6) is -0.620. The van der Waals surface area contributed by atoms with Crippen molar-refractivity contribution in [1.29, 1.82) is 0 Å². The van der Waals surface area contributed by atoms with E-state index in [0.29, 0.717) is 5.92 Å². The molecule has 1 N–H and O–H groups in total. The van der Waals surface area contributed by atoms with Gasteiger partial charge in [0.15, 0.2) is 0 Å². The Kier molecular flexibility index (Phi) is 2.43. The number of hydrogen-bond donors (Lipinski definition) is 1. The van der Waals surface area contributed by atoms with Crippen LogP contribution >= 0.6 is 27.3 Å². The molecule has 0 aliphatic heterocycles. The van der Waals surface area contributed by atoms with Crippen LogP contribution in [0.4, 0.5) is 0 Å². The molecule has 1 saturated carbocycles. The smallest absolute Gasteiger partial charge is 0.311 e. The Bertz CT molecular complexity index is 330. The summed E-state index contributed by atoms with van der Waals surface area (Å²) >= 11 is 4.94. The molecule has 0 saturated heterocycles. The standard InChI is InChI=1S/C9H9BrO2S/c10-8-6(3-4-13-8)7(9(11)12)5-1-2-5/h3-5,7H,1-2H2,(H,11,12). The van der Waals surface area contributed by atoms with Gasteiger partial charge < -0.3 is 5.11 Å². The van der Waals surface area contributed by atoms with Gasteiger partial charge in [0.05, 0.1) is 9.70 Å². The van der Waals surface area contributed by atoms with Crippen LogP contribution in [0.1, 0.15) is 24.3 Å². The van der Waals surface area contributed by atoms with Crippen molar-refractivity contribution in [3.05, 3.63) is 20.8 Å². The van der Waals surface area contributed by atoms with Crippen molar-refractivity contribution in [1.82, 2.24) is 0 Å². The van der Waals surface area contributed by atoms with E-state index in [-0.39, 0.29) is 5.92 Å². The average Bonchev–Trinajstić information content (AvgIpc) is 2.78. The summed E-state index contributed by atoms with van der Waals surface area (Å²) in [6.45, 7) is 0. The number of rotatable bonds is 3. The fraction of sp³-hybridized carbons (Fsp3) is 0.444. The van der Waals surface area contributed by atoms with Gasteiger partial charge in [0, 0.05) is 0 Å². The van der Waals surface area contributed by atoms with Gasteiger partial charge in [-0.3, -0.25) is 4.79 Å². The average molecular weight is 261 g/mol. The molecule has 1 unspecified atom stereocenters. The lowest BCUT2D eigenvalue weighted by atomic mass is 9.97. The first-order valence-corrected chi connectivity index (χ1v) is 5.83. The molecule has 2 rings (SSSR count). The Morgan fingerprint density at radius 3 is 2.77 bits per heavy atom. The van der Waals surface area contributed by atoms with Gasteiger partial charge in [0.1, 0.15) is 0 Å². The van der Waals surface area contributed by atoms with Crippen molar-refractivity contribution in [3.63, 3.8) is 0 Å². The Balaban J connectivity index is 2.30. The maximum Gasteiger partial charge on any atom is 0.311 e. The van der Waals surface area contributed by atoms with Gasteiger partial charge in [-0.15, -0.1) is 11.3 Å². The van der Waals surface area contributed by atoms with Gasteiger partial charge in [0.2, 0.25) is 0 Å². The van der Waals surface area contributed by atoms with E-state index in [4.69, 9.17) is 5.11 Å². The molecular formula is C9H9BrO2S. The van der Waals surface area contributed by atoms with E-state index in [9.17, 15) is 4.79 Å². The van der Waals surface area contributed by atoms with Gasteiger partial charge in [-0.1, -0.05) is 0 Å². The van der Waals surface area contributed by atoms with Crippen LogP contribution in [0, 0.1) is 5.92 Å². The monoisotopic (exact) mass is 260 g/mol. The van der Waals surface area contributed by atoms with Gasteiger partial charge in [-0.2, -0.15) is 0 Å². The van der Waals surface area contributed by atoms with Crippen molar-refractivity contribution in [3.8, 4) is 0 Å². The predicted molar refractivity (Wildman–Crippen MR) is 55.1 cm³/mol. The highest BCUT2D eigenvalue weighted by molar-refractivity contribution is 9.11. The van der Waals surface area contributed by atoms with Gasteiger partial charge in [-0.25, -0.2) is 0 Å². The molecule has 0 aromatic carbocycles. The molecule has 2 nitrogen and oxygen atoms in total. The first-order valence-electron chi connectivity index (χ1n) is 4.16. The van der Waals surface area contributed by atoms with Crippen molar-refractivity contribution in [2.45, 2.75) is 18.8 Å². The van der Waals surface area contributed by atoms with E-state index >= 15 is 0 Å². The summed E-state index contributed by atoms with van der Waals surface area (Å²) < 4.78 is 0.965. The zero-order chi connectivity index (χ0) is 9.42. The van der Waals surface area contributed by atoms with Crippen LogP contribution in [0.25, 0.3) is 0 Å². The number of halogens is 1. The molecule has 13 heavy (non-hydrogen) atoms. The molecule has 0 radical (unpaired) electrons. The Hall–Kier alpha value is -0.350. The molecule has 1 aromatic heterocycles. The van der Waals surface area contributed by atoms with E-state index in [1.807, 2.05) is 11.4 Å². The molecule has 4 heteroatoms. The van der Waals surface area contributed by atoms with E-state index < -0.39 is 5.97 Å². The third-order valence-corrected chi connectivity index (χ3v) is 4.07. The second kappa shape index (κ2) is 3.42.